The maximum atomic E-state index is 12.3. The molecule has 0 aromatic carbocycles. The van der Waals surface area contributed by atoms with E-state index in [-0.39, 0.29) is 0 Å². The molecule has 160 valence electrons. The number of amides is 3. The van der Waals surface area contributed by atoms with Crippen molar-refractivity contribution in [2.75, 3.05) is 0 Å². The number of carbonyl (C=O) groups excluding carboxylic acids is 3. The van der Waals surface area contributed by atoms with E-state index in [1.807, 2.05) is 0 Å². The lowest BCUT2D eigenvalue weighted by Gasteiger charge is -2.24. The van der Waals surface area contributed by atoms with Crippen LogP contribution in [-0.2, 0) is 24.0 Å². The lowest BCUT2D eigenvalue weighted by molar-refractivity contribution is -0.144. The maximum Gasteiger partial charge on any atom is 0.326 e. The lowest BCUT2D eigenvalue weighted by Crippen LogP contribution is -2.58. The number of hydrogen-bond acceptors (Lipinski definition) is 7. The molecule has 3 amide bonds. The van der Waals surface area contributed by atoms with Gasteiger partial charge in [-0.1, -0.05) is 13.8 Å². The standard InChI is InChI=1S/C16H28N4O8/c1-6(2)12(16(27)28)20-13(24)7(3)18-14(25)9(5-10(22)23)19-15(26)11(17)8(4)21/h6-9,11-12,21H,5,17H2,1-4H3,(H,18,25)(H,19,26)(H,20,24)(H,22,23)(H,27,28). The van der Waals surface area contributed by atoms with E-state index in [0.29, 0.717) is 0 Å². The van der Waals surface area contributed by atoms with Crippen molar-refractivity contribution in [1.29, 1.82) is 0 Å². The summed E-state index contributed by atoms with van der Waals surface area (Å²) in [5.41, 5.74) is 5.44. The number of carboxylic acid groups (broad SMARTS) is 2. The number of aliphatic hydroxyl groups is 1. The number of nitrogens with two attached hydrogens (primary N) is 1. The fourth-order valence-corrected chi connectivity index (χ4v) is 2.04. The van der Waals surface area contributed by atoms with Gasteiger partial charge in [0, 0.05) is 0 Å². The van der Waals surface area contributed by atoms with Gasteiger partial charge in [0.05, 0.1) is 12.5 Å². The summed E-state index contributed by atoms with van der Waals surface area (Å²) in [7, 11) is 0. The Morgan fingerprint density at radius 1 is 0.857 bits per heavy atom. The highest BCUT2D eigenvalue weighted by molar-refractivity contribution is 5.95. The van der Waals surface area contributed by atoms with Gasteiger partial charge in [-0.15, -0.1) is 0 Å². The molecule has 0 rings (SSSR count). The van der Waals surface area contributed by atoms with E-state index in [4.69, 9.17) is 15.9 Å². The van der Waals surface area contributed by atoms with Gasteiger partial charge in [-0.25, -0.2) is 4.79 Å². The first kappa shape index (κ1) is 25.3. The van der Waals surface area contributed by atoms with Crippen molar-refractivity contribution in [3.05, 3.63) is 0 Å². The van der Waals surface area contributed by atoms with Gasteiger partial charge in [0.2, 0.25) is 17.7 Å². The number of nitrogens with one attached hydrogen (secondary N) is 3. The number of hydrogen-bond donors (Lipinski definition) is 7. The largest absolute Gasteiger partial charge is 0.481 e. The van der Waals surface area contributed by atoms with E-state index in [2.05, 4.69) is 16.0 Å². The average molecular weight is 404 g/mol. The third-order valence-electron chi connectivity index (χ3n) is 3.82. The number of carboxylic acids is 2. The molecule has 28 heavy (non-hydrogen) atoms. The van der Waals surface area contributed by atoms with Gasteiger partial charge in [0.25, 0.3) is 0 Å². The molecule has 12 nitrogen and oxygen atoms in total. The Balaban J connectivity index is 5.09. The minimum atomic E-state index is -1.55. The molecule has 0 aromatic heterocycles. The quantitative estimate of drug-likeness (QED) is 0.192. The molecule has 0 aliphatic carbocycles. The van der Waals surface area contributed by atoms with Crippen LogP contribution in [0.4, 0.5) is 0 Å². The van der Waals surface area contributed by atoms with Crippen molar-refractivity contribution in [2.24, 2.45) is 11.7 Å². The highest BCUT2D eigenvalue weighted by Crippen LogP contribution is 2.03. The highest BCUT2D eigenvalue weighted by atomic mass is 16.4. The van der Waals surface area contributed by atoms with Crippen LogP contribution in [0, 0.1) is 5.92 Å². The Hall–Kier alpha value is -2.73. The Labute approximate surface area is 161 Å². The normalized spacial score (nSPS) is 16.2. The number of aliphatic carboxylic acids is 2. The van der Waals surface area contributed by atoms with E-state index in [9.17, 15) is 29.1 Å². The Kier molecular flexibility index (Phi) is 10.1. The smallest absolute Gasteiger partial charge is 0.326 e. The van der Waals surface area contributed by atoms with Crippen molar-refractivity contribution >= 4 is 29.7 Å². The van der Waals surface area contributed by atoms with Gasteiger partial charge >= 0.3 is 11.9 Å². The van der Waals surface area contributed by atoms with E-state index in [1.54, 1.807) is 13.8 Å². The topological polar surface area (TPSA) is 208 Å². The second kappa shape index (κ2) is 11.2. The van der Waals surface area contributed by atoms with Gasteiger partial charge in [-0.2, -0.15) is 0 Å². The fraction of sp³-hybridized carbons (Fsp3) is 0.688. The zero-order valence-corrected chi connectivity index (χ0v) is 16.1. The van der Waals surface area contributed by atoms with Gasteiger partial charge in [-0.3, -0.25) is 19.2 Å². The molecule has 12 heteroatoms. The maximum absolute atomic E-state index is 12.3. The van der Waals surface area contributed by atoms with Crippen molar-refractivity contribution in [3.8, 4) is 0 Å². The predicted octanol–water partition coefficient (Wildman–Crippen LogP) is -2.62. The number of carbonyl (C=O) groups is 5. The molecule has 0 spiro atoms. The molecule has 0 aliphatic rings. The van der Waals surface area contributed by atoms with Gasteiger partial charge in [0.15, 0.2) is 0 Å². The lowest BCUT2D eigenvalue weighted by atomic mass is 10.0. The molecular formula is C16H28N4O8. The van der Waals surface area contributed by atoms with Crippen LogP contribution in [-0.4, -0.2) is 75.3 Å². The molecule has 0 saturated carbocycles. The van der Waals surface area contributed by atoms with Crippen LogP contribution in [0.15, 0.2) is 0 Å². The molecule has 5 unspecified atom stereocenters. The third kappa shape index (κ3) is 8.31. The molecule has 0 aromatic rings. The molecule has 0 aliphatic heterocycles. The van der Waals surface area contributed by atoms with E-state index < -0.39 is 72.3 Å². The van der Waals surface area contributed by atoms with Crippen LogP contribution >= 0.6 is 0 Å². The predicted molar refractivity (Wildman–Crippen MR) is 95.8 cm³/mol. The molecule has 0 saturated heterocycles. The summed E-state index contributed by atoms with van der Waals surface area (Å²) in [6.45, 7) is 5.70. The molecule has 8 N–H and O–H groups in total. The van der Waals surface area contributed by atoms with Gasteiger partial charge in [-0.05, 0) is 19.8 Å². The first-order valence-corrected chi connectivity index (χ1v) is 8.57. The van der Waals surface area contributed by atoms with Crippen LogP contribution in [0.3, 0.4) is 0 Å². The van der Waals surface area contributed by atoms with Crippen LogP contribution in [0.2, 0.25) is 0 Å². The molecular weight excluding hydrogens is 376 g/mol. The molecule has 0 radical (unpaired) electrons. The number of rotatable bonds is 11. The zero-order valence-electron chi connectivity index (χ0n) is 16.1. The van der Waals surface area contributed by atoms with Crippen LogP contribution in [0.5, 0.6) is 0 Å². The minimum Gasteiger partial charge on any atom is -0.481 e. The van der Waals surface area contributed by atoms with Crippen LogP contribution < -0.4 is 21.7 Å². The molecule has 5 atom stereocenters. The van der Waals surface area contributed by atoms with Crippen LogP contribution in [0.1, 0.15) is 34.1 Å². The first-order valence-electron chi connectivity index (χ1n) is 8.57. The fourth-order valence-electron chi connectivity index (χ4n) is 2.04. The average Bonchev–Trinajstić information content (AvgIpc) is 2.56. The van der Waals surface area contributed by atoms with E-state index in [1.165, 1.54) is 13.8 Å². The Bertz CT molecular complexity index is 607. The SMILES string of the molecule is CC(NC(=O)C(CC(=O)O)NC(=O)C(N)C(C)O)C(=O)NC(C(=O)O)C(C)C. The Morgan fingerprint density at radius 3 is 1.79 bits per heavy atom. The third-order valence-corrected chi connectivity index (χ3v) is 3.82. The zero-order chi connectivity index (χ0) is 22.2. The van der Waals surface area contributed by atoms with E-state index >= 15 is 0 Å². The summed E-state index contributed by atoms with van der Waals surface area (Å²) in [4.78, 5) is 58.4. The summed E-state index contributed by atoms with van der Waals surface area (Å²) in [6, 6.07) is -5.31. The van der Waals surface area contributed by atoms with Crippen molar-refractivity contribution in [3.63, 3.8) is 0 Å². The van der Waals surface area contributed by atoms with Crippen molar-refractivity contribution in [1.82, 2.24) is 16.0 Å². The minimum absolute atomic E-state index is 0.412. The summed E-state index contributed by atoms with van der Waals surface area (Å²) in [6.07, 6.45) is -2.02. The molecule has 0 bridgehead atoms. The molecule has 0 fully saturated rings. The van der Waals surface area contributed by atoms with Crippen molar-refractivity contribution < 1.29 is 39.3 Å². The van der Waals surface area contributed by atoms with Gasteiger partial charge < -0.3 is 37.0 Å². The summed E-state index contributed by atoms with van der Waals surface area (Å²) >= 11 is 0. The van der Waals surface area contributed by atoms with Crippen molar-refractivity contribution in [2.45, 2.75) is 64.4 Å². The second-order valence-corrected chi connectivity index (χ2v) is 6.72. The monoisotopic (exact) mass is 404 g/mol. The van der Waals surface area contributed by atoms with E-state index in [0.717, 1.165) is 0 Å². The van der Waals surface area contributed by atoms with Gasteiger partial charge in [0.1, 0.15) is 24.2 Å². The molecule has 0 heterocycles. The summed E-state index contributed by atoms with van der Waals surface area (Å²) < 4.78 is 0. The summed E-state index contributed by atoms with van der Waals surface area (Å²) in [5.74, 6) is -5.77. The first-order chi connectivity index (χ1) is 12.8. The number of aliphatic hydroxyl groups excluding tert-OH is 1. The highest BCUT2D eigenvalue weighted by Gasteiger charge is 2.31. The second-order valence-electron chi connectivity index (χ2n) is 6.72. The van der Waals surface area contributed by atoms with Crippen LogP contribution in [0.25, 0.3) is 0 Å². The summed E-state index contributed by atoms with van der Waals surface area (Å²) in [5, 5.41) is 33.9. The Morgan fingerprint density at radius 2 is 1.39 bits per heavy atom.